The Kier molecular flexibility index (Phi) is 2.86. The monoisotopic (exact) mass is 160 g/mol. The molecule has 3 heteroatoms. The van der Waals surface area contributed by atoms with Crippen molar-refractivity contribution in [2.75, 3.05) is 0 Å². The Morgan fingerprint density at radius 3 is 3.08 bits per heavy atom. The van der Waals surface area contributed by atoms with Crippen LogP contribution in [0.4, 0.5) is 0 Å². The van der Waals surface area contributed by atoms with Crippen molar-refractivity contribution in [1.29, 1.82) is 5.26 Å². The van der Waals surface area contributed by atoms with Gasteiger partial charge in [-0.1, -0.05) is 6.07 Å². The maximum Gasteiger partial charge on any atom is 0.0982 e. The van der Waals surface area contributed by atoms with Crippen LogP contribution in [0.1, 0.15) is 5.56 Å². The summed E-state index contributed by atoms with van der Waals surface area (Å²) in [6, 6.07) is 5.53. The summed E-state index contributed by atoms with van der Waals surface area (Å²) >= 11 is 0. The summed E-state index contributed by atoms with van der Waals surface area (Å²) in [4.78, 5) is 3.89. The van der Waals surface area contributed by atoms with Crippen LogP contribution in [-0.2, 0) is 6.42 Å². The zero-order chi connectivity index (χ0) is 8.81. The van der Waals surface area contributed by atoms with Gasteiger partial charge in [-0.15, -0.1) is 0 Å². The zero-order valence-corrected chi connectivity index (χ0v) is 6.44. The second-order valence-electron chi connectivity index (χ2n) is 2.30. The van der Waals surface area contributed by atoms with Crippen LogP contribution in [0.25, 0.3) is 0 Å². The van der Waals surface area contributed by atoms with Crippen molar-refractivity contribution in [2.45, 2.75) is 6.42 Å². The van der Waals surface area contributed by atoms with Crippen LogP contribution < -0.4 is 0 Å². The maximum absolute atomic E-state index is 8.58. The highest BCUT2D eigenvalue weighted by atomic mass is 16.2. The number of aromatic nitrogens is 1. The van der Waals surface area contributed by atoms with Gasteiger partial charge in [-0.05, 0) is 11.6 Å². The highest BCUT2D eigenvalue weighted by Gasteiger charge is 1.97. The van der Waals surface area contributed by atoms with Gasteiger partial charge in [0.2, 0.25) is 0 Å². The van der Waals surface area contributed by atoms with Gasteiger partial charge in [-0.25, -0.2) is 0 Å². The summed E-state index contributed by atoms with van der Waals surface area (Å²) in [5.74, 6) is 0. The number of aliphatic hydroxyl groups excluding tert-OH is 1. The van der Waals surface area contributed by atoms with Crippen LogP contribution in [-0.4, -0.2) is 10.1 Å². The topological polar surface area (TPSA) is 56.9 Å². The zero-order valence-electron chi connectivity index (χ0n) is 6.44. The van der Waals surface area contributed by atoms with Crippen molar-refractivity contribution >= 4 is 0 Å². The SMILES string of the molecule is N#CC(=CO)Cc1cccnc1. The summed E-state index contributed by atoms with van der Waals surface area (Å²) in [6.45, 7) is 0. The number of hydrogen-bond donors (Lipinski definition) is 1. The van der Waals surface area contributed by atoms with Gasteiger partial charge in [-0.3, -0.25) is 4.98 Å². The summed E-state index contributed by atoms with van der Waals surface area (Å²) in [7, 11) is 0. The van der Waals surface area contributed by atoms with E-state index in [1.165, 1.54) is 0 Å². The fraction of sp³-hybridized carbons (Fsp3) is 0.111. The van der Waals surface area contributed by atoms with Gasteiger partial charge in [0.15, 0.2) is 0 Å². The molecule has 0 aliphatic heterocycles. The molecule has 0 fully saturated rings. The molecular weight excluding hydrogens is 152 g/mol. The van der Waals surface area contributed by atoms with E-state index in [1.807, 2.05) is 12.1 Å². The standard InChI is InChI=1S/C9H8N2O/c10-5-9(7-12)4-8-2-1-3-11-6-8/h1-3,6-7,12H,4H2. The second kappa shape index (κ2) is 4.14. The maximum atomic E-state index is 8.58. The number of hydrogen-bond acceptors (Lipinski definition) is 3. The molecule has 0 aliphatic rings. The summed E-state index contributed by atoms with van der Waals surface area (Å²) in [5, 5.41) is 17.1. The van der Waals surface area contributed by atoms with Crippen molar-refractivity contribution in [3.8, 4) is 6.07 Å². The van der Waals surface area contributed by atoms with E-state index in [9.17, 15) is 0 Å². The van der Waals surface area contributed by atoms with Gasteiger partial charge in [0.1, 0.15) is 0 Å². The molecule has 0 radical (unpaired) electrons. The first-order valence-electron chi connectivity index (χ1n) is 3.49. The summed E-state index contributed by atoms with van der Waals surface area (Å²) in [5.41, 5.74) is 1.25. The van der Waals surface area contributed by atoms with E-state index >= 15 is 0 Å². The normalized spacial score (nSPS) is 10.8. The molecule has 1 heterocycles. The number of nitriles is 1. The Balaban J connectivity index is 2.72. The van der Waals surface area contributed by atoms with Crippen LogP contribution >= 0.6 is 0 Å². The van der Waals surface area contributed by atoms with Crippen molar-refractivity contribution in [3.05, 3.63) is 41.9 Å². The third-order valence-electron chi connectivity index (χ3n) is 1.42. The average Bonchev–Trinajstić information content (AvgIpc) is 2.16. The van der Waals surface area contributed by atoms with Gasteiger partial charge in [0.25, 0.3) is 0 Å². The molecule has 1 aromatic heterocycles. The van der Waals surface area contributed by atoms with Crippen LogP contribution in [0, 0.1) is 11.3 Å². The van der Waals surface area contributed by atoms with Crippen molar-refractivity contribution in [1.82, 2.24) is 4.98 Å². The highest BCUT2D eigenvalue weighted by molar-refractivity contribution is 5.26. The highest BCUT2D eigenvalue weighted by Crippen LogP contribution is 2.04. The minimum Gasteiger partial charge on any atom is -0.515 e. The molecule has 0 unspecified atom stereocenters. The third kappa shape index (κ3) is 2.10. The molecule has 1 aromatic rings. The van der Waals surface area contributed by atoms with Crippen LogP contribution in [0.15, 0.2) is 36.4 Å². The van der Waals surface area contributed by atoms with Crippen LogP contribution in [0.3, 0.4) is 0 Å². The van der Waals surface area contributed by atoms with E-state index < -0.39 is 0 Å². The summed E-state index contributed by atoms with van der Waals surface area (Å²) in [6.07, 6.45) is 4.59. The van der Waals surface area contributed by atoms with Crippen molar-refractivity contribution in [2.24, 2.45) is 0 Å². The van der Waals surface area contributed by atoms with Gasteiger partial charge in [0, 0.05) is 18.8 Å². The molecule has 1 rings (SSSR count). The first-order chi connectivity index (χ1) is 5.86. The molecule has 3 nitrogen and oxygen atoms in total. The Hall–Kier alpha value is -1.82. The van der Waals surface area contributed by atoms with E-state index in [-0.39, 0.29) is 0 Å². The molecule has 0 aliphatic carbocycles. The van der Waals surface area contributed by atoms with Crippen LogP contribution in [0.2, 0.25) is 0 Å². The molecule has 12 heavy (non-hydrogen) atoms. The van der Waals surface area contributed by atoms with E-state index in [0.29, 0.717) is 12.0 Å². The molecule has 0 atom stereocenters. The molecule has 60 valence electrons. The Morgan fingerprint density at radius 2 is 2.58 bits per heavy atom. The molecular formula is C9H8N2O. The smallest absolute Gasteiger partial charge is 0.0982 e. The predicted molar refractivity (Wildman–Crippen MR) is 44.3 cm³/mol. The molecule has 0 bridgehead atoms. The van der Waals surface area contributed by atoms with E-state index in [2.05, 4.69) is 4.98 Å². The lowest BCUT2D eigenvalue weighted by Gasteiger charge is -1.95. The fourth-order valence-electron chi connectivity index (χ4n) is 0.837. The van der Waals surface area contributed by atoms with Gasteiger partial charge in [0.05, 0.1) is 17.9 Å². The van der Waals surface area contributed by atoms with E-state index in [4.69, 9.17) is 10.4 Å². The number of pyridine rings is 1. The van der Waals surface area contributed by atoms with Crippen molar-refractivity contribution in [3.63, 3.8) is 0 Å². The Bertz CT molecular complexity index is 311. The lowest BCUT2D eigenvalue weighted by molar-refractivity contribution is 0.468. The molecule has 0 saturated carbocycles. The van der Waals surface area contributed by atoms with E-state index in [0.717, 1.165) is 11.8 Å². The second-order valence-corrected chi connectivity index (χ2v) is 2.30. The third-order valence-corrected chi connectivity index (χ3v) is 1.42. The largest absolute Gasteiger partial charge is 0.515 e. The van der Waals surface area contributed by atoms with Gasteiger partial charge in [-0.2, -0.15) is 5.26 Å². The first-order valence-corrected chi connectivity index (χ1v) is 3.49. The van der Waals surface area contributed by atoms with Gasteiger partial charge >= 0.3 is 0 Å². The number of rotatable bonds is 2. The van der Waals surface area contributed by atoms with E-state index in [1.54, 1.807) is 18.5 Å². The molecule has 1 N–H and O–H groups in total. The average molecular weight is 160 g/mol. The van der Waals surface area contributed by atoms with Crippen LogP contribution in [0.5, 0.6) is 0 Å². The molecule has 0 spiro atoms. The Labute approximate surface area is 70.6 Å². The minimum atomic E-state index is 0.336. The van der Waals surface area contributed by atoms with Gasteiger partial charge < -0.3 is 5.11 Å². The molecule has 0 saturated heterocycles. The number of aliphatic hydroxyl groups is 1. The Morgan fingerprint density at radius 1 is 1.75 bits per heavy atom. The lowest BCUT2D eigenvalue weighted by Crippen LogP contribution is -1.88. The fourth-order valence-corrected chi connectivity index (χ4v) is 0.837. The predicted octanol–water partition coefficient (Wildman–Crippen LogP) is 1.59. The number of nitrogens with zero attached hydrogens (tertiary/aromatic N) is 2. The number of allylic oxidation sites excluding steroid dienone is 1. The van der Waals surface area contributed by atoms with Crippen molar-refractivity contribution < 1.29 is 5.11 Å². The molecule has 0 aromatic carbocycles. The quantitative estimate of drug-likeness (QED) is 0.528. The first kappa shape index (κ1) is 8.28. The summed E-state index contributed by atoms with van der Waals surface area (Å²) < 4.78 is 0. The lowest BCUT2D eigenvalue weighted by atomic mass is 10.1. The molecule has 0 amide bonds. The minimum absolute atomic E-state index is 0.336.